The van der Waals surface area contributed by atoms with Gasteiger partial charge in [0, 0.05) is 35.4 Å². The fourth-order valence-corrected chi connectivity index (χ4v) is 9.07. The maximum absolute atomic E-state index is 11.8. The molecule has 2 aliphatic rings. The van der Waals surface area contributed by atoms with Gasteiger partial charge in [0.15, 0.2) is 12.3 Å². The van der Waals surface area contributed by atoms with Gasteiger partial charge in [-0.25, -0.2) is 0 Å². The highest BCUT2D eigenvalue weighted by Gasteiger charge is 2.46. The van der Waals surface area contributed by atoms with Gasteiger partial charge in [-0.3, -0.25) is 9.11 Å². The monoisotopic (exact) mass is 739 g/mol. The minimum absolute atomic E-state index is 0.0687. The normalized spacial score (nSPS) is 18.7. The predicted molar refractivity (Wildman–Crippen MR) is 213 cm³/mol. The molecular formula is C42H47N2O6S2+. The average Bonchev–Trinajstić information content (AvgIpc) is 3.42. The number of benzene rings is 4. The van der Waals surface area contributed by atoms with Crippen LogP contribution < -0.4 is 4.90 Å². The number of fused-ring (bicyclic) bond motifs is 6. The molecule has 1 unspecified atom stereocenters. The van der Waals surface area contributed by atoms with E-state index in [2.05, 4.69) is 88.9 Å². The fourth-order valence-electron chi connectivity index (χ4n) is 8.14. The summed E-state index contributed by atoms with van der Waals surface area (Å²) in [4.78, 5) is 2.30. The zero-order valence-corrected chi connectivity index (χ0v) is 32.2. The van der Waals surface area contributed by atoms with Crippen LogP contribution in [0.4, 0.5) is 11.4 Å². The highest BCUT2D eigenvalue weighted by molar-refractivity contribution is 7.86. The van der Waals surface area contributed by atoms with E-state index in [1.54, 1.807) is 6.07 Å². The lowest BCUT2D eigenvalue weighted by molar-refractivity contribution is -0.432. The van der Waals surface area contributed by atoms with Crippen LogP contribution in [0.2, 0.25) is 0 Å². The van der Waals surface area contributed by atoms with E-state index in [9.17, 15) is 25.9 Å². The van der Waals surface area contributed by atoms with E-state index >= 15 is 0 Å². The molecule has 52 heavy (non-hydrogen) atoms. The summed E-state index contributed by atoms with van der Waals surface area (Å²) in [5, 5.41) is 4.01. The van der Waals surface area contributed by atoms with Gasteiger partial charge in [0.05, 0.1) is 16.4 Å². The van der Waals surface area contributed by atoms with Gasteiger partial charge in [-0.2, -0.15) is 21.4 Å². The average molecular weight is 740 g/mol. The zero-order valence-electron chi connectivity index (χ0n) is 30.5. The molecular weight excluding hydrogens is 693 g/mol. The van der Waals surface area contributed by atoms with Crippen LogP contribution in [-0.2, 0) is 31.1 Å². The number of hydrogen-bond acceptors (Lipinski definition) is 5. The lowest BCUT2D eigenvalue weighted by Gasteiger charge is -2.32. The van der Waals surface area contributed by atoms with Crippen molar-refractivity contribution in [3.8, 4) is 0 Å². The first-order valence-corrected chi connectivity index (χ1v) is 20.6. The second-order valence-corrected chi connectivity index (χ2v) is 17.8. The quantitative estimate of drug-likeness (QED) is 0.0900. The van der Waals surface area contributed by atoms with Crippen molar-refractivity contribution >= 4 is 58.9 Å². The molecule has 0 radical (unpaired) electrons. The first kappa shape index (κ1) is 37.4. The van der Waals surface area contributed by atoms with E-state index in [0.717, 1.165) is 62.7 Å². The first-order valence-electron chi connectivity index (χ1n) is 17.6. The molecule has 0 aliphatic carbocycles. The number of hydrogen-bond donors (Lipinski definition) is 2. The molecule has 2 aliphatic heterocycles. The van der Waals surface area contributed by atoms with E-state index in [1.165, 1.54) is 17.7 Å². The topological polar surface area (TPSA) is 115 Å². The second kappa shape index (κ2) is 13.9. The lowest BCUT2D eigenvalue weighted by Crippen LogP contribution is -2.40. The molecule has 0 bridgehead atoms. The van der Waals surface area contributed by atoms with Crippen LogP contribution in [0.25, 0.3) is 21.5 Å². The van der Waals surface area contributed by atoms with Crippen LogP contribution in [0, 0.1) is 6.92 Å². The summed E-state index contributed by atoms with van der Waals surface area (Å²) in [5.74, 6) is -0.375. The van der Waals surface area contributed by atoms with Gasteiger partial charge >= 0.3 is 0 Å². The molecule has 4 aromatic rings. The van der Waals surface area contributed by atoms with Gasteiger partial charge in [0.1, 0.15) is 5.75 Å². The van der Waals surface area contributed by atoms with Crippen molar-refractivity contribution in [3.05, 3.63) is 126 Å². The standard InChI is InChI=1S/C42H46N2O6S2/c1-7-24-43-35-23-18-31-28-32(52(48,49)50)19-21-34(31)40(35)41(3,4)37(43)14-12-10-8-9-11-13-15-38-42(5,6)39-33-20-16-29(2)27-30(33)17-22-36(39)44(38)25-26-51(45,46)47/h8-23,27-28,37H,7,24-26H2,1-6H3,(H-,45,46,47,48,49,50)/p+1/b10-8+,11-9+,14-12+,15-13+. The molecule has 0 amide bonds. The van der Waals surface area contributed by atoms with Crippen molar-refractivity contribution in [1.29, 1.82) is 0 Å². The molecule has 0 aromatic heterocycles. The molecule has 0 saturated heterocycles. The smallest absolute Gasteiger partial charge is 0.294 e. The van der Waals surface area contributed by atoms with Crippen LogP contribution in [0.5, 0.6) is 0 Å². The Morgan fingerprint density at radius 2 is 1.42 bits per heavy atom. The van der Waals surface area contributed by atoms with Crippen molar-refractivity contribution in [3.63, 3.8) is 0 Å². The number of aryl methyl sites for hydroxylation is 1. The molecule has 0 saturated carbocycles. The highest BCUT2D eigenvalue weighted by atomic mass is 32.2. The number of anilines is 1. The molecule has 6 rings (SSSR count). The lowest BCUT2D eigenvalue weighted by atomic mass is 9.78. The van der Waals surface area contributed by atoms with Crippen molar-refractivity contribution in [2.24, 2.45) is 0 Å². The van der Waals surface area contributed by atoms with Gasteiger partial charge in [-0.15, -0.1) is 0 Å². The highest BCUT2D eigenvalue weighted by Crippen LogP contribution is 2.49. The van der Waals surface area contributed by atoms with Gasteiger partial charge in [0.2, 0.25) is 5.69 Å². The fraction of sp³-hybridized carbons (Fsp3) is 0.310. The summed E-state index contributed by atoms with van der Waals surface area (Å²) in [6.45, 7) is 14.0. The summed E-state index contributed by atoms with van der Waals surface area (Å²) < 4.78 is 68.3. The molecule has 2 N–H and O–H groups in total. The Kier molecular flexibility index (Phi) is 9.99. The number of nitrogens with zero attached hydrogens (tertiary/aromatic N) is 2. The molecule has 0 spiro atoms. The Bertz CT molecular complexity index is 2450. The molecule has 272 valence electrons. The Hall–Kier alpha value is -4.35. The third-order valence-corrected chi connectivity index (χ3v) is 12.0. The largest absolute Gasteiger partial charge is 0.364 e. The predicted octanol–water partition coefficient (Wildman–Crippen LogP) is 8.61. The van der Waals surface area contributed by atoms with Crippen molar-refractivity contribution in [2.75, 3.05) is 23.7 Å². The molecule has 2 heterocycles. The minimum Gasteiger partial charge on any atom is -0.364 e. The second-order valence-electron chi connectivity index (χ2n) is 14.8. The summed E-state index contributed by atoms with van der Waals surface area (Å²) in [6, 6.07) is 19.3. The third kappa shape index (κ3) is 7.05. The Morgan fingerprint density at radius 3 is 2.12 bits per heavy atom. The van der Waals surface area contributed by atoms with Gasteiger partial charge in [-0.1, -0.05) is 99.2 Å². The van der Waals surface area contributed by atoms with E-state index < -0.39 is 25.7 Å². The Balaban J connectivity index is 1.23. The van der Waals surface area contributed by atoms with Crippen molar-refractivity contribution in [1.82, 2.24) is 0 Å². The summed E-state index contributed by atoms with van der Waals surface area (Å²) >= 11 is 0. The molecule has 1 atom stereocenters. The molecule has 0 fully saturated rings. The van der Waals surface area contributed by atoms with E-state index in [0.29, 0.717) is 0 Å². The minimum atomic E-state index is -4.30. The summed E-state index contributed by atoms with van der Waals surface area (Å²) in [5.41, 5.74) is 5.81. The van der Waals surface area contributed by atoms with E-state index in [-0.39, 0.29) is 28.6 Å². The van der Waals surface area contributed by atoms with Gasteiger partial charge < -0.3 is 4.90 Å². The van der Waals surface area contributed by atoms with E-state index in [4.69, 9.17) is 0 Å². The Morgan fingerprint density at radius 1 is 0.788 bits per heavy atom. The molecule has 8 nitrogen and oxygen atoms in total. The van der Waals surface area contributed by atoms with Crippen LogP contribution in [0.3, 0.4) is 0 Å². The maximum Gasteiger partial charge on any atom is 0.294 e. The van der Waals surface area contributed by atoms with Gasteiger partial charge in [0.25, 0.3) is 20.2 Å². The number of allylic oxidation sites excluding steroid dienone is 7. The third-order valence-electron chi connectivity index (χ3n) is 10.4. The summed E-state index contributed by atoms with van der Waals surface area (Å²) in [7, 11) is -8.45. The van der Waals surface area contributed by atoms with Crippen LogP contribution in [0.15, 0.2) is 114 Å². The summed E-state index contributed by atoms with van der Waals surface area (Å²) in [6.07, 6.45) is 17.1. The van der Waals surface area contributed by atoms with Gasteiger partial charge in [-0.05, 0) is 78.6 Å². The SMILES string of the molecule is CCCN1c2ccc3cc(S(=O)(=O)O)ccc3c2C(C)(C)C1/C=C/C=C/C=C/C=C/C1=[N+](CCS(=O)(=O)O)c2ccc3cc(C)ccc3c2C1(C)C. The zero-order chi connectivity index (χ0) is 37.6. The van der Waals surface area contributed by atoms with Crippen LogP contribution >= 0.6 is 0 Å². The van der Waals surface area contributed by atoms with Crippen LogP contribution in [0.1, 0.15) is 57.7 Å². The van der Waals surface area contributed by atoms with Crippen molar-refractivity contribution in [2.45, 2.75) is 69.7 Å². The van der Waals surface area contributed by atoms with E-state index in [1.807, 2.05) is 53.2 Å². The Labute approximate surface area is 307 Å². The molecule has 10 heteroatoms. The van der Waals surface area contributed by atoms with Crippen LogP contribution in [-0.4, -0.2) is 61.1 Å². The molecule has 4 aromatic carbocycles. The maximum atomic E-state index is 11.8. The number of rotatable bonds is 11. The first-order chi connectivity index (χ1) is 24.4. The van der Waals surface area contributed by atoms with Crippen molar-refractivity contribution < 1.29 is 30.5 Å².